The summed E-state index contributed by atoms with van der Waals surface area (Å²) in [5, 5.41) is 20.7. The lowest BCUT2D eigenvalue weighted by molar-refractivity contribution is -0.135. The molecule has 1 saturated heterocycles. The Balaban J connectivity index is 2.34. The number of aliphatic hydroxyl groups is 2. The van der Waals surface area contributed by atoms with Gasteiger partial charge in [0.2, 0.25) is 16.7 Å². The molecule has 1 aromatic rings. The molecule has 0 amide bonds. The van der Waals surface area contributed by atoms with Crippen molar-refractivity contribution >= 4 is 41.5 Å². The third-order valence-corrected chi connectivity index (χ3v) is 7.52. The quantitative estimate of drug-likeness (QED) is 0.131. The van der Waals surface area contributed by atoms with Gasteiger partial charge >= 0.3 is 23.5 Å². The molecule has 1 fully saturated rings. The van der Waals surface area contributed by atoms with Crippen molar-refractivity contribution in [2.75, 3.05) is 5.73 Å². The second kappa shape index (κ2) is 8.67. The number of aromatic nitrogens is 2. The Labute approximate surface area is 176 Å². The summed E-state index contributed by atoms with van der Waals surface area (Å²) in [7, 11) is -17.3. The van der Waals surface area contributed by atoms with E-state index in [2.05, 4.69) is 18.1 Å². The summed E-state index contributed by atoms with van der Waals surface area (Å²) in [4.78, 5) is 39.1. The molecule has 1 aromatic heterocycles. The molecular formula is C10H13FN3O13P3S. The molecule has 1 aliphatic heterocycles. The fourth-order valence-corrected chi connectivity index (χ4v) is 5.57. The number of halogens is 1. The Kier molecular flexibility index (Phi) is 7.31. The van der Waals surface area contributed by atoms with Gasteiger partial charge in [0.1, 0.15) is 6.10 Å². The highest BCUT2D eigenvalue weighted by molar-refractivity contribution is 7.71. The van der Waals surface area contributed by atoms with Gasteiger partial charge in [-0.05, 0) is 12.2 Å². The van der Waals surface area contributed by atoms with E-state index in [4.69, 9.17) is 43.8 Å². The van der Waals surface area contributed by atoms with Crippen LogP contribution in [0, 0.1) is 22.9 Å². The third kappa shape index (κ3) is 6.02. The molecule has 31 heavy (non-hydrogen) atoms. The number of nitrogens with two attached hydrogens (primary N) is 1. The summed E-state index contributed by atoms with van der Waals surface area (Å²) >= 11 is 4.83. The van der Waals surface area contributed by atoms with Crippen LogP contribution in [0.4, 0.5) is 10.2 Å². The van der Waals surface area contributed by atoms with E-state index in [9.17, 15) is 33.2 Å². The summed E-state index contributed by atoms with van der Waals surface area (Å²) in [5.74, 6) is -0.0783. The van der Waals surface area contributed by atoms with Crippen molar-refractivity contribution in [2.45, 2.75) is 24.2 Å². The zero-order valence-electron chi connectivity index (χ0n) is 14.5. The van der Waals surface area contributed by atoms with Crippen molar-refractivity contribution in [1.29, 1.82) is 0 Å². The lowest BCUT2D eigenvalue weighted by Crippen LogP contribution is -2.45. The van der Waals surface area contributed by atoms with Crippen LogP contribution < -0.4 is 5.73 Å². The first kappa shape index (κ1) is 26.1. The molecule has 21 heteroatoms. The lowest BCUT2D eigenvalue weighted by Gasteiger charge is -2.26. The Bertz CT molecular complexity index is 1120. The number of hydrogen-bond acceptors (Lipinski definition) is 12. The van der Waals surface area contributed by atoms with Gasteiger partial charge in [-0.15, -0.1) is 6.42 Å². The molecule has 2 heterocycles. The first-order valence-corrected chi connectivity index (χ1v) is 12.2. The Morgan fingerprint density at radius 2 is 1.87 bits per heavy atom. The summed E-state index contributed by atoms with van der Waals surface area (Å²) < 4.78 is 64.1. The smallest absolute Gasteiger partial charge is 0.383 e. The number of ether oxygens (including phenoxy) is 1. The van der Waals surface area contributed by atoms with Gasteiger partial charge in [0.25, 0.3) is 0 Å². The second-order valence-electron chi connectivity index (χ2n) is 5.63. The number of anilines is 1. The number of nitrogens with zero attached hydrogens (tertiary/aromatic N) is 2. The minimum absolute atomic E-state index is 0.510. The lowest BCUT2D eigenvalue weighted by atomic mass is 9.98. The van der Waals surface area contributed by atoms with Gasteiger partial charge < -0.3 is 40.3 Å². The molecular weight excluding hydrogens is 514 g/mol. The van der Waals surface area contributed by atoms with Crippen LogP contribution in [0.15, 0.2) is 6.20 Å². The van der Waals surface area contributed by atoms with E-state index in [-0.39, 0.29) is 0 Å². The molecule has 8 N–H and O–H groups in total. The fraction of sp³-hybridized carbons (Fsp3) is 0.400. The molecule has 1 aliphatic rings. The van der Waals surface area contributed by atoms with Crippen LogP contribution in [0.25, 0.3) is 0 Å². The molecule has 16 nitrogen and oxygen atoms in total. The maximum atomic E-state index is 13.8. The van der Waals surface area contributed by atoms with Gasteiger partial charge in [0.05, 0.1) is 0 Å². The Hall–Kier alpha value is -1.12. The molecule has 0 saturated carbocycles. The molecule has 174 valence electrons. The van der Waals surface area contributed by atoms with Crippen LogP contribution in [0.2, 0.25) is 0 Å². The molecule has 0 bridgehead atoms. The molecule has 0 aliphatic carbocycles. The van der Waals surface area contributed by atoms with E-state index < -0.39 is 64.1 Å². The Morgan fingerprint density at radius 1 is 1.29 bits per heavy atom. The molecule has 0 aromatic carbocycles. The highest BCUT2D eigenvalue weighted by Gasteiger charge is 2.58. The van der Waals surface area contributed by atoms with Crippen molar-refractivity contribution < 1.29 is 65.8 Å². The van der Waals surface area contributed by atoms with Crippen LogP contribution in [-0.4, -0.2) is 57.3 Å². The molecule has 0 spiro atoms. The molecule has 2 rings (SSSR count). The average molecular weight is 527 g/mol. The second-order valence-corrected chi connectivity index (χ2v) is 10.4. The zero-order chi connectivity index (χ0) is 24.0. The van der Waals surface area contributed by atoms with Crippen LogP contribution in [-0.2, 0) is 31.6 Å². The average Bonchev–Trinajstić information content (AvgIpc) is 2.79. The van der Waals surface area contributed by atoms with Gasteiger partial charge in [0.15, 0.2) is 17.9 Å². The minimum atomic E-state index is -5.88. The third-order valence-electron chi connectivity index (χ3n) is 3.42. The van der Waals surface area contributed by atoms with Gasteiger partial charge in [-0.3, -0.25) is 9.09 Å². The van der Waals surface area contributed by atoms with Crippen LogP contribution in [0.3, 0.4) is 0 Å². The standard InChI is InChI=1S/C10H13FN3O13P3S/c1-2-10(16)5(15)7(24-8(10)14-3-4(11)6(12)13-9(14)31)25-29(20,21)27-30(22,23)26-28(17,18)19/h1,3,5,7-8,15-16H,(H,20,21)(H,22,23)(H2,12,13,31)(H2,17,18,19)/t5-,7+,8+,10?/m0/s1. The predicted octanol–water partition coefficient (Wildman–Crippen LogP) is -0.743. The monoisotopic (exact) mass is 527 g/mol. The maximum Gasteiger partial charge on any atom is 0.490 e. The number of terminal acetylenes is 1. The Morgan fingerprint density at radius 3 is 2.39 bits per heavy atom. The van der Waals surface area contributed by atoms with Crippen LogP contribution in [0.5, 0.6) is 0 Å². The van der Waals surface area contributed by atoms with Crippen molar-refractivity contribution in [3.8, 4) is 12.3 Å². The van der Waals surface area contributed by atoms with Gasteiger partial charge in [-0.1, -0.05) is 5.92 Å². The highest BCUT2D eigenvalue weighted by atomic mass is 32.1. The fourth-order valence-electron chi connectivity index (χ4n) is 2.23. The van der Waals surface area contributed by atoms with Crippen LogP contribution in [0.1, 0.15) is 6.23 Å². The molecule has 6 atom stereocenters. The molecule has 3 unspecified atom stereocenters. The van der Waals surface area contributed by atoms with Crippen molar-refractivity contribution in [1.82, 2.24) is 9.55 Å². The highest BCUT2D eigenvalue weighted by Crippen LogP contribution is 2.67. The van der Waals surface area contributed by atoms with Crippen molar-refractivity contribution in [3.63, 3.8) is 0 Å². The van der Waals surface area contributed by atoms with Gasteiger partial charge in [-0.2, -0.15) is 13.6 Å². The summed E-state index contributed by atoms with van der Waals surface area (Å²) in [6, 6.07) is 0. The van der Waals surface area contributed by atoms with Gasteiger partial charge in [0, 0.05) is 6.20 Å². The largest absolute Gasteiger partial charge is 0.490 e. The number of rotatable bonds is 7. The van der Waals surface area contributed by atoms with E-state index in [0.29, 0.717) is 10.8 Å². The predicted molar refractivity (Wildman–Crippen MR) is 96.1 cm³/mol. The first-order chi connectivity index (χ1) is 13.9. The number of phosphoric acid groups is 3. The normalized spacial score (nSPS) is 30.3. The number of aliphatic hydroxyl groups excluding tert-OH is 1. The number of hydrogen-bond donors (Lipinski definition) is 7. The summed E-state index contributed by atoms with van der Waals surface area (Å²) in [5.41, 5.74) is 2.45. The SMILES string of the molecule is C#CC1(O)[C@@H](O)[C@@H](OP(=O)(O)OP(=O)(O)OP(=O)(O)O)O[C@H]1n1cc(F)c(N)nc1=S. The van der Waals surface area contributed by atoms with E-state index in [1.807, 2.05) is 0 Å². The minimum Gasteiger partial charge on any atom is -0.383 e. The summed E-state index contributed by atoms with van der Waals surface area (Å²) in [6.45, 7) is 0. The van der Waals surface area contributed by atoms with E-state index >= 15 is 0 Å². The van der Waals surface area contributed by atoms with E-state index in [1.54, 1.807) is 5.92 Å². The van der Waals surface area contributed by atoms with Crippen molar-refractivity contribution in [3.05, 3.63) is 16.8 Å². The number of nitrogen functional groups attached to an aromatic ring is 1. The first-order valence-electron chi connectivity index (χ1n) is 7.31. The zero-order valence-corrected chi connectivity index (χ0v) is 18.0. The topological polar surface area (TPSA) is 253 Å². The van der Waals surface area contributed by atoms with E-state index in [0.717, 1.165) is 0 Å². The maximum absolute atomic E-state index is 13.8. The molecule has 0 radical (unpaired) electrons. The van der Waals surface area contributed by atoms with Crippen molar-refractivity contribution in [2.24, 2.45) is 0 Å². The number of phosphoric ester groups is 1. The van der Waals surface area contributed by atoms with Crippen LogP contribution >= 0.6 is 35.7 Å². The van der Waals surface area contributed by atoms with E-state index in [1.165, 1.54) is 0 Å². The summed E-state index contributed by atoms with van der Waals surface area (Å²) in [6.07, 6.45) is -1.01. The van der Waals surface area contributed by atoms with Gasteiger partial charge in [-0.25, -0.2) is 18.1 Å².